The third kappa shape index (κ3) is 5.70. The van der Waals surface area contributed by atoms with Gasteiger partial charge in [-0.2, -0.15) is 0 Å². The van der Waals surface area contributed by atoms with Crippen molar-refractivity contribution in [2.45, 2.75) is 58.0 Å². The number of hydrogen-bond acceptors (Lipinski definition) is 1. The van der Waals surface area contributed by atoms with Gasteiger partial charge in [-0.25, -0.2) is 0 Å². The van der Waals surface area contributed by atoms with Gasteiger partial charge in [-0.1, -0.05) is 0 Å². The Kier molecular flexibility index (Phi) is 4.82. The molecule has 0 radical (unpaired) electrons. The van der Waals surface area contributed by atoms with Crippen molar-refractivity contribution < 1.29 is 22.3 Å². The van der Waals surface area contributed by atoms with Crippen LogP contribution in [0.3, 0.4) is 0 Å². The molecule has 0 atom stereocenters. The largest absolute Gasteiger partial charge is 0.673 e. The third-order valence-corrected chi connectivity index (χ3v) is 2.83. The lowest BCUT2D eigenvalue weighted by atomic mass is 9.82. The van der Waals surface area contributed by atoms with Crippen LogP contribution in [0.5, 0.6) is 0 Å². The van der Waals surface area contributed by atoms with E-state index in [1.54, 1.807) is 0 Å². The first kappa shape index (κ1) is 15.7. The summed E-state index contributed by atoms with van der Waals surface area (Å²) in [6.45, 7) is 8.26. The Labute approximate surface area is 93.7 Å². The van der Waals surface area contributed by atoms with Gasteiger partial charge in [-0.15, -0.1) is 0 Å². The second-order valence-corrected chi connectivity index (χ2v) is 5.45. The highest BCUT2D eigenvalue weighted by Crippen LogP contribution is 2.22. The van der Waals surface area contributed by atoms with Crippen LogP contribution >= 0.6 is 0 Å². The lowest BCUT2D eigenvalue weighted by Gasteiger charge is -2.52. The lowest BCUT2D eigenvalue weighted by molar-refractivity contribution is -0.955. The maximum atomic E-state index is 11.8. The van der Waals surface area contributed by atoms with E-state index in [0.717, 1.165) is 12.8 Å². The predicted octanol–water partition coefficient (Wildman–Crippen LogP) is 2.41. The Balaban J connectivity index is 0.000000385. The third-order valence-electron chi connectivity index (χ3n) is 2.83. The van der Waals surface area contributed by atoms with Crippen LogP contribution in [0.4, 0.5) is 17.3 Å². The van der Waals surface area contributed by atoms with Crippen LogP contribution in [0.2, 0.25) is 0 Å². The minimum atomic E-state index is -6.00. The molecule has 0 aromatic heterocycles. The van der Waals surface area contributed by atoms with Gasteiger partial charge < -0.3 is 27.5 Å². The van der Waals surface area contributed by atoms with Crippen molar-refractivity contribution in [1.29, 1.82) is 0 Å². The lowest BCUT2D eigenvalue weighted by Crippen LogP contribution is -3.22. The SMILES string of the molecule is CC1(C)CCCC(C)(C)[NH+]1[O-].F[B-](F)(F)F. The van der Waals surface area contributed by atoms with Crippen molar-refractivity contribution in [1.82, 2.24) is 0 Å². The Bertz CT molecular complexity index is 208. The zero-order valence-corrected chi connectivity index (χ0v) is 10.1. The van der Waals surface area contributed by atoms with E-state index >= 15 is 0 Å². The Hall–Kier alpha value is -0.295. The zero-order valence-electron chi connectivity index (χ0n) is 10.1. The van der Waals surface area contributed by atoms with Crippen molar-refractivity contribution in [3.63, 3.8) is 0 Å². The standard InChI is InChI=1S/C9H19NO.BF4/c1-8(2)6-5-7-9(3,4)10(8)11;2-1(3,4)5/h10H,5-7H2,1-4H3;/q;-1. The number of quaternary nitrogens is 1. The molecule has 1 rings (SSSR count). The fourth-order valence-electron chi connectivity index (χ4n) is 2.12. The monoisotopic (exact) mass is 244 g/mol. The first-order valence-electron chi connectivity index (χ1n) is 5.28. The van der Waals surface area contributed by atoms with Gasteiger partial charge in [0.1, 0.15) is 0 Å². The molecule has 0 amide bonds. The minimum Gasteiger partial charge on any atom is -0.634 e. The van der Waals surface area contributed by atoms with E-state index in [0.29, 0.717) is 5.06 Å². The van der Waals surface area contributed by atoms with Crippen LogP contribution in [0.25, 0.3) is 0 Å². The average Bonchev–Trinajstić information content (AvgIpc) is 1.96. The fraction of sp³-hybridized carbons (Fsp3) is 1.00. The molecular weight excluding hydrogens is 225 g/mol. The van der Waals surface area contributed by atoms with Gasteiger partial charge in [0.05, 0.1) is 11.1 Å². The van der Waals surface area contributed by atoms with Crippen LogP contribution in [-0.4, -0.2) is 18.3 Å². The smallest absolute Gasteiger partial charge is 0.634 e. The van der Waals surface area contributed by atoms with Crippen molar-refractivity contribution in [3.8, 4) is 0 Å². The summed E-state index contributed by atoms with van der Waals surface area (Å²) in [5.41, 5.74) is -0.135. The molecule has 1 heterocycles. The van der Waals surface area contributed by atoms with E-state index in [-0.39, 0.29) is 11.1 Å². The molecule has 1 fully saturated rings. The van der Waals surface area contributed by atoms with Crippen molar-refractivity contribution in [2.24, 2.45) is 0 Å². The molecule has 1 N–H and O–H groups in total. The first-order chi connectivity index (χ1) is 6.86. The van der Waals surface area contributed by atoms with Crippen molar-refractivity contribution in [3.05, 3.63) is 5.21 Å². The molecule has 0 aromatic rings. The summed E-state index contributed by atoms with van der Waals surface area (Å²) in [7, 11) is -6.00. The van der Waals surface area contributed by atoms with Gasteiger partial charge in [0.25, 0.3) is 0 Å². The molecule has 0 aromatic carbocycles. The summed E-state index contributed by atoms with van der Waals surface area (Å²) >= 11 is 0. The number of halogens is 4. The molecule has 2 nitrogen and oxygen atoms in total. The number of hydroxylamine groups is 2. The van der Waals surface area contributed by atoms with Gasteiger partial charge in [-0.05, 0) is 34.1 Å². The molecule has 0 aliphatic carbocycles. The van der Waals surface area contributed by atoms with E-state index in [1.165, 1.54) is 6.42 Å². The summed E-state index contributed by atoms with van der Waals surface area (Å²) in [5.74, 6) is 0. The molecule has 0 bridgehead atoms. The van der Waals surface area contributed by atoms with Gasteiger partial charge in [0.15, 0.2) is 0 Å². The summed E-state index contributed by atoms with van der Waals surface area (Å²) in [6.07, 6.45) is 3.33. The van der Waals surface area contributed by atoms with Crippen molar-refractivity contribution in [2.75, 3.05) is 0 Å². The van der Waals surface area contributed by atoms with E-state index < -0.39 is 7.25 Å². The molecule has 1 saturated heterocycles. The Morgan fingerprint density at radius 3 is 1.38 bits per heavy atom. The summed E-state index contributed by atoms with van der Waals surface area (Å²) in [6, 6.07) is 0. The highest BCUT2D eigenvalue weighted by atomic mass is 19.5. The highest BCUT2D eigenvalue weighted by Gasteiger charge is 2.40. The van der Waals surface area contributed by atoms with E-state index in [9.17, 15) is 22.5 Å². The maximum Gasteiger partial charge on any atom is 0.673 e. The van der Waals surface area contributed by atoms with E-state index in [2.05, 4.69) is 27.7 Å². The Morgan fingerprint density at radius 1 is 0.938 bits per heavy atom. The molecule has 0 spiro atoms. The molecule has 98 valence electrons. The predicted molar refractivity (Wildman–Crippen MR) is 56.5 cm³/mol. The van der Waals surface area contributed by atoms with Crippen molar-refractivity contribution >= 4 is 7.25 Å². The van der Waals surface area contributed by atoms with Crippen LogP contribution in [0, 0.1) is 5.21 Å². The minimum absolute atomic E-state index is 0.0677. The topological polar surface area (TPSA) is 27.5 Å². The van der Waals surface area contributed by atoms with E-state index in [1.807, 2.05) is 0 Å². The number of hydrogen-bond donors (Lipinski definition) is 1. The second-order valence-electron chi connectivity index (χ2n) is 5.45. The van der Waals surface area contributed by atoms with Gasteiger partial charge in [0.2, 0.25) is 0 Å². The second kappa shape index (κ2) is 4.92. The van der Waals surface area contributed by atoms with Crippen LogP contribution < -0.4 is 5.06 Å². The fourth-order valence-corrected chi connectivity index (χ4v) is 2.12. The summed E-state index contributed by atoms with van der Waals surface area (Å²) in [4.78, 5) is 0. The summed E-state index contributed by atoms with van der Waals surface area (Å²) in [5, 5.41) is 12.2. The molecule has 1 aliphatic heterocycles. The van der Waals surface area contributed by atoms with Gasteiger partial charge in [-0.3, -0.25) is 0 Å². The molecule has 0 saturated carbocycles. The van der Waals surface area contributed by atoms with Crippen LogP contribution in [0.1, 0.15) is 47.0 Å². The van der Waals surface area contributed by atoms with E-state index in [4.69, 9.17) is 0 Å². The highest BCUT2D eigenvalue weighted by molar-refractivity contribution is 6.50. The quantitative estimate of drug-likeness (QED) is 0.395. The molecule has 16 heavy (non-hydrogen) atoms. The molecule has 7 heteroatoms. The first-order valence-corrected chi connectivity index (χ1v) is 5.28. The number of piperidine rings is 1. The molecule has 1 aliphatic rings. The van der Waals surface area contributed by atoms with Crippen LogP contribution in [-0.2, 0) is 0 Å². The van der Waals surface area contributed by atoms with Gasteiger partial charge >= 0.3 is 7.25 Å². The molecular formula is C9H19BF4NO-. The summed E-state index contributed by atoms with van der Waals surface area (Å²) < 4.78 is 39.0. The van der Waals surface area contributed by atoms with Gasteiger partial charge in [0, 0.05) is 12.8 Å². The Morgan fingerprint density at radius 2 is 1.19 bits per heavy atom. The number of rotatable bonds is 0. The average molecular weight is 244 g/mol. The normalized spacial score (nSPS) is 24.6. The molecule has 0 unspecified atom stereocenters. The number of nitrogens with one attached hydrogen (secondary N) is 1. The van der Waals surface area contributed by atoms with Crippen LogP contribution in [0.15, 0.2) is 0 Å². The maximum absolute atomic E-state index is 11.8. The zero-order chi connectivity index (χ0) is 13.2.